The Labute approximate surface area is 92.0 Å². The van der Waals surface area contributed by atoms with E-state index in [1.165, 1.54) is 5.75 Å². The molecular formula is C9H21NO2S2. The molecule has 0 aromatic rings. The summed E-state index contributed by atoms with van der Waals surface area (Å²) >= 11 is 1.84. The molecule has 1 N–H and O–H groups in total. The van der Waals surface area contributed by atoms with Gasteiger partial charge in [-0.15, -0.1) is 0 Å². The molecule has 0 rings (SSSR count). The molecule has 0 amide bonds. The number of hydrogen-bond donors (Lipinski definition) is 1. The van der Waals surface area contributed by atoms with Crippen LogP contribution in [-0.2, 0) is 9.84 Å². The van der Waals surface area contributed by atoms with Gasteiger partial charge in [0.2, 0.25) is 0 Å². The molecule has 0 aliphatic heterocycles. The van der Waals surface area contributed by atoms with E-state index in [1.807, 2.05) is 11.8 Å². The molecule has 0 saturated carbocycles. The zero-order valence-corrected chi connectivity index (χ0v) is 10.7. The van der Waals surface area contributed by atoms with Crippen molar-refractivity contribution in [3.8, 4) is 0 Å². The lowest BCUT2D eigenvalue weighted by atomic mass is 10.4. The van der Waals surface area contributed by atoms with Gasteiger partial charge in [-0.2, -0.15) is 11.8 Å². The summed E-state index contributed by atoms with van der Waals surface area (Å²) in [6, 6.07) is 0. The third-order valence-electron chi connectivity index (χ3n) is 1.95. The molecule has 0 aliphatic rings. The van der Waals surface area contributed by atoms with E-state index < -0.39 is 9.84 Å². The van der Waals surface area contributed by atoms with Crippen LogP contribution in [0.5, 0.6) is 0 Å². The van der Waals surface area contributed by atoms with E-state index in [0.717, 1.165) is 25.9 Å². The number of thioether (sulfide) groups is 1. The third-order valence-corrected chi connectivity index (χ3v) is 4.44. The molecule has 0 aliphatic carbocycles. The number of hydrogen-bond acceptors (Lipinski definition) is 4. The van der Waals surface area contributed by atoms with Crippen LogP contribution in [0.4, 0.5) is 0 Å². The van der Waals surface area contributed by atoms with Crippen LogP contribution in [0, 0.1) is 0 Å². The van der Waals surface area contributed by atoms with E-state index in [0.29, 0.717) is 5.75 Å². The molecular weight excluding hydrogens is 218 g/mol. The van der Waals surface area contributed by atoms with E-state index in [9.17, 15) is 8.42 Å². The molecule has 0 radical (unpaired) electrons. The first-order chi connectivity index (χ1) is 6.62. The predicted molar refractivity (Wildman–Crippen MR) is 64.8 cm³/mol. The lowest BCUT2D eigenvalue weighted by Crippen LogP contribution is -2.20. The maximum atomic E-state index is 11.1. The van der Waals surface area contributed by atoms with Crippen LogP contribution in [0.2, 0.25) is 0 Å². The van der Waals surface area contributed by atoms with E-state index in [1.54, 1.807) is 6.92 Å². The van der Waals surface area contributed by atoms with Crippen LogP contribution in [0.15, 0.2) is 0 Å². The van der Waals surface area contributed by atoms with Gasteiger partial charge in [-0.1, -0.05) is 6.92 Å². The molecule has 14 heavy (non-hydrogen) atoms. The second-order valence-corrected chi connectivity index (χ2v) is 6.64. The number of nitrogens with one attached hydrogen (secondary N) is 1. The Hall–Kier alpha value is 0.260. The maximum absolute atomic E-state index is 11.1. The number of rotatable bonds is 9. The Kier molecular flexibility index (Phi) is 8.72. The van der Waals surface area contributed by atoms with Crippen LogP contribution in [0.3, 0.4) is 0 Å². The Morgan fingerprint density at radius 1 is 1.21 bits per heavy atom. The summed E-state index contributed by atoms with van der Waals surface area (Å²) in [5.74, 6) is 1.75. The van der Waals surface area contributed by atoms with Gasteiger partial charge in [-0.25, -0.2) is 8.42 Å². The molecule has 3 nitrogen and oxygen atoms in total. The smallest absolute Gasteiger partial charge is 0.150 e. The average Bonchev–Trinajstić information content (AvgIpc) is 2.16. The fourth-order valence-corrected chi connectivity index (χ4v) is 2.33. The highest BCUT2D eigenvalue weighted by Crippen LogP contribution is 1.94. The van der Waals surface area contributed by atoms with Crippen molar-refractivity contribution < 1.29 is 8.42 Å². The molecule has 0 unspecified atom stereocenters. The second-order valence-electron chi connectivity index (χ2n) is 3.19. The lowest BCUT2D eigenvalue weighted by molar-refractivity contribution is 0.589. The first-order valence-electron chi connectivity index (χ1n) is 5.02. The summed E-state index contributed by atoms with van der Waals surface area (Å²) in [7, 11) is -2.76. The monoisotopic (exact) mass is 239 g/mol. The summed E-state index contributed by atoms with van der Waals surface area (Å²) in [6.07, 6.45) is 3.98. The van der Waals surface area contributed by atoms with Gasteiger partial charge < -0.3 is 5.32 Å². The van der Waals surface area contributed by atoms with Crippen molar-refractivity contribution in [3.63, 3.8) is 0 Å². The second kappa shape index (κ2) is 8.56. The standard InChI is InChI=1S/C9H21NO2S2/c1-3-14(11,12)9-5-7-10-6-4-8-13-2/h10H,3-9H2,1-2H3. The number of sulfone groups is 1. The Bertz CT molecular complexity index is 215. The molecule has 0 atom stereocenters. The van der Waals surface area contributed by atoms with Crippen molar-refractivity contribution >= 4 is 21.6 Å². The van der Waals surface area contributed by atoms with Gasteiger partial charge in [0.15, 0.2) is 0 Å². The van der Waals surface area contributed by atoms with Crippen molar-refractivity contribution in [2.24, 2.45) is 0 Å². The zero-order chi connectivity index (χ0) is 10.9. The molecule has 0 spiro atoms. The van der Waals surface area contributed by atoms with Gasteiger partial charge in [-0.3, -0.25) is 0 Å². The van der Waals surface area contributed by atoms with Crippen molar-refractivity contribution in [2.45, 2.75) is 19.8 Å². The van der Waals surface area contributed by atoms with E-state index >= 15 is 0 Å². The maximum Gasteiger partial charge on any atom is 0.150 e. The van der Waals surface area contributed by atoms with Crippen molar-refractivity contribution in [3.05, 3.63) is 0 Å². The molecule has 0 aromatic heterocycles. The predicted octanol–water partition coefficient (Wildman–Crippen LogP) is 1.15. The van der Waals surface area contributed by atoms with Crippen molar-refractivity contribution in [1.82, 2.24) is 5.32 Å². The summed E-state index contributed by atoms with van der Waals surface area (Å²) < 4.78 is 22.2. The molecule has 5 heteroatoms. The van der Waals surface area contributed by atoms with E-state index in [-0.39, 0.29) is 5.75 Å². The van der Waals surface area contributed by atoms with E-state index in [4.69, 9.17) is 0 Å². The van der Waals surface area contributed by atoms with Crippen molar-refractivity contribution in [2.75, 3.05) is 36.6 Å². The minimum atomic E-state index is -2.76. The topological polar surface area (TPSA) is 46.2 Å². The van der Waals surface area contributed by atoms with Crippen LogP contribution in [0.25, 0.3) is 0 Å². The molecule has 0 bridgehead atoms. The Morgan fingerprint density at radius 2 is 1.86 bits per heavy atom. The van der Waals surface area contributed by atoms with Gasteiger partial charge in [0, 0.05) is 5.75 Å². The molecule has 86 valence electrons. The lowest BCUT2D eigenvalue weighted by Gasteiger charge is -2.03. The summed E-state index contributed by atoms with van der Waals surface area (Å²) in [5, 5.41) is 3.24. The highest BCUT2D eigenvalue weighted by molar-refractivity contribution is 7.98. The summed E-state index contributed by atoms with van der Waals surface area (Å²) in [5.41, 5.74) is 0. The fourth-order valence-electron chi connectivity index (χ4n) is 1.03. The average molecular weight is 239 g/mol. The molecule has 0 heterocycles. The van der Waals surface area contributed by atoms with Gasteiger partial charge in [0.1, 0.15) is 9.84 Å². The normalized spacial score (nSPS) is 11.9. The minimum absolute atomic E-state index is 0.263. The fraction of sp³-hybridized carbons (Fsp3) is 1.00. The van der Waals surface area contributed by atoms with Gasteiger partial charge in [0.05, 0.1) is 5.75 Å². The largest absolute Gasteiger partial charge is 0.317 e. The van der Waals surface area contributed by atoms with Gasteiger partial charge >= 0.3 is 0 Å². The van der Waals surface area contributed by atoms with Crippen LogP contribution >= 0.6 is 11.8 Å². The van der Waals surface area contributed by atoms with Gasteiger partial charge in [-0.05, 0) is 37.9 Å². The van der Waals surface area contributed by atoms with Crippen molar-refractivity contribution in [1.29, 1.82) is 0 Å². The van der Waals surface area contributed by atoms with E-state index in [2.05, 4.69) is 11.6 Å². The highest BCUT2D eigenvalue weighted by Gasteiger charge is 2.05. The SMILES string of the molecule is CCS(=O)(=O)CCCNCCCSC. The van der Waals surface area contributed by atoms with Crippen LogP contribution in [-0.4, -0.2) is 45.0 Å². The summed E-state index contributed by atoms with van der Waals surface area (Å²) in [6.45, 7) is 3.50. The Morgan fingerprint density at radius 3 is 2.43 bits per heavy atom. The highest BCUT2D eigenvalue weighted by atomic mass is 32.2. The minimum Gasteiger partial charge on any atom is -0.317 e. The quantitative estimate of drug-likeness (QED) is 0.613. The zero-order valence-electron chi connectivity index (χ0n) is 9.08. The molecule has 0 aromatic carbocycles. The van der Waals surface area contributed by atoms with Crippen LogP contribution < -0.4 is 5.32 Å². The first-order valence-corrected chi connectivity index (χ1v) is 8.24. The van der Waals surface area contributed by atoms with Gasteiger partial charge in [0.25, 0.3) is 0 Å². The first kappa shape index (κ1) is 14.3. The summed E-state index contributed by atoms with van der Waals surface area (Å²) in [4.78, 5) is 0. The molecule has 0 saturated heterocycles. The molecule has 0 fully saturated rings. The van der Waals surface area contributed by atoms with Crippen LogP contribution in [0.1, 0.15) is 19.8 Å². The third kappa shape index (κ3) is 8.84. The Balaban J connectivity index is 3.22.